The summed E-state index contributed by atoms with van der Waals surface area (Å²) in [4.78, 5) is 18.1. The molecule has 4 heteroatoms. The summed E-state index contributed by atoms with van der Waals surface area (Å²) in [6.45, 7) is 5.73. The minimum atomic E-state index is 0.210. The highest BCUT2D eigenvalue weighted by Crippen LogP contribution is 2.25. The fourth-order valence-corrected chi connectivity index (χ4v) is 5.56. The van der Waals surface area contributed by atoms with Crippen molar-refractivity contribution in [3.63, 3.8) is 0 Å². The van der Waals surface area contributed by atoms with Crippen molar-refractivity contribution in [2.75, 3.05) is 32.7 Å². The van der Waals surface area contributed by atoms with E-state index in [1.54, 1.807) is 0 Å². The molecule has 0 aromatic heterocycles. The van der Waals surface area contributed by atoms with Gasteiger partial charge in [-0.05, 0) is 70.1 Å². The monoisotopic (exact) mass is 397 g/mol. The molecule has 0 radical (unpaired) electrons. The van der Waals surface area contributed by atoms with Crippen molar-refractivity contribution in [2.24, 2.45) is 5.92 Å². The number of carbonyl (C=O) groups is 1. The van der Waals surface area contributed by atoms with E-state index >= 15 is 0 Å². The van der Waals surface area contributed by atoms with E-state index in [1.807, 2.05) is 0 Å². The van der Waals surface area contributed by atoms with Crippen LogP contribution in [-0.4, -0.2) is 60.5 Å². The third-order valence-electron chi connectivity index (χ3n) is 7.41. The summed E-state index contributed by atoms with van der Waals surface area (Å²) in [5.74, 6) is 0.545. The van der Waals surface area contributed by atoms with Crippen LogP contribution in [0.5, 0.6) is 0 Å². The number of amides is 1. The van der Waals surface area contributed by atoms with Gasteiger partial charge in [-0.25, -0.2) is 0 Å². The van der Waals surface area contributed by atoms with Gasteiger partial charge in [0.25, 0.3) is 0 Å². The first-order chi connectivity index (χ1) is 14.3. The van der Waals surface area contributed by atoms with Gasteiger partial charge in [0.05, 0.1) is 5.92 Å². The minimum Gasteiger partial charge on any atom is -0.353 e. The van der Waals surface area contributed by atoms with Crippen LogP contribution in [0.4, 0.5) is 0 Å². The molecule has 4 rings (SSSR count). The van der Waals surface area contributed by atoms with Crippen LogP contribution in [0.25, 0.3) is 0 Å². The Morgan fingerprint density at radius 2 is 1.66 bits per heavy atom. The van der Waals surface area contributed by atoms with E-state index in [0.29, 0.717) is 18.0 Å². The summed E-state index contributed by atoms with van der Waals surface area (Å²) in [5.41, 5.74) is 1.44. The highest BCUT2D eigenvalue weighted by Gasteiger charge is 2.32. The summed E-state index contributed by atoms with van der Waals surface area (Å²) in [5, 5.41) is 3.38. The van der Waals surface area contributed by atoms with Crippen molar-refractivity contribution in [2.45, 2.75) is 76.3 Å². The lowest BCUT2D eigenvalue weighted by atomic mass is 9.91. The van der Waals surface area contributed by atoms with E-state index in [4.69, 9.17) is 0 Å². The van der Waals surface area contributed by atoms with E-state index in [-0.39, 0.29) is 5.92 Å². The lowest BCUT2D eigenvalue weighted by molar-refractivity contribution is -0.128. The lowest BCUT2D eigenvalue weighted by Crippen LogP contribution is -2.51. The number of benzene rings is 1. The number of carbonyl (C=O) groups excluding carboxylic acids is 1. The fourth-order valence-electron chi connectivity index (χ4n) is 5.56. The minimum absolute atomic E-state index is 0.210. The van der Waals surface area contributed by atoms with Gasteiger partial charge in [-0.2, -0.15) is 0 Å². The molecule has 2 aliphatic heterocycles. The maximum atomic E-state index is 12.8. The van der Waals surface area contributed by atoms with Crippen molar-refractivity contribution in [3.05, 3.63) is 35.9 Å². The molecule has 1 atom stereocenters. The number of hydrogen-bond donors (Lipinski definition) is 1. The number of nitrogens with one attached hydrogen (secondary N) is 1. The molecular weight excluding hydrogens is 358 g/mol. The van der Waals surface area contributed by atoms with E-state index < -0.39 is 0 Å². The Morgan fingerprint density at radius 3 is 2.41 bits per heavy atom. The molecule has 1 aromatic carbocycles. The van der Waals surface area contributed by atoms with Crippen molar-refractivity contribution in [1.29, 1.82) is 0 Å². The van der Waals surface area contributed by atoms with Crippen LogP contribution >= 0.6 is 0 Å². The van der Waals surface area contributed by atoms with Gasteiger partial charge in [0.15, 0.2) is 0 Å². The van der Waals surface area contributed by atoms with E-state index in [9.17, 15) is 4.79 Å². The Bertz CT molecular complexity index is 620. The van der Waals surface area contributed by atoms with Gasteiger partial charge >= 0.3 is 0 Å². The van der Waals surface area contributed by atoms with Crippen LogP contribution in [0.3, 0.4) is 0 Å². The van der Waals surface area contributed by atoms with Crippen molar-refractivity contribution in [3.8, 4) is 0 Å². The molecular formula is C25H39N3O. The van der Waals surface area contributed by atoms with Crippen LogP contribution in [0, 0.1) is 5.92 Å². The van der Waals surface area contributed by atoms with Crippen molar-refractivity contribution >= 4 is 5.91 Å². The zero-order valence-corrected chi connectivity index (χ0v) is 18.0. The molecule has 1 amide bonds. The average molecular weight is 398 g/mol. The molecule has 2 saturated heterocycles. The van der Waals surface area contributed by atoms with Crippen molar-refractivity contribution < 1.29 is 4.79 Å². The predicted octanol–water partition coefficient (Wildman–Crippen LogP) is 3.85. The normalized spacial score (nSPS) is 25.7. The molecule has 29 heavy (non-hydrogen) atoms. The summed E-state index contributed by atoms with van der Waals surface area (Å²) in [6.07, 6.45) is 12.2. The first kappa shape index (κ1) is 20.9. The quantitative estimate of drug-likeness (QED) is 0.792. The first-order valence-electron chi connectivity index (χ1n) is 12.1. The third kappa shape index (κ3) is 6.05. The van der Waals surface area contributed by atoms with Crippen LogP contribution in [0.2, 0.25) is 0 Å². The molecule has 1 saturated carbocycles. The SMILES string of the molecule is O=C(NC1CCCCC1)C1CCCN(C2CCN(CCc3ccccc3)CC2)C1. The van der Waals surface area contributed by atoms with Crippen LogP contribution in [-0.2, 0) is 11.2 Å². The zero-order chi connectivity index (χ0) is 19.9. The summed E-state index contributed by atoms with van der Waals surface area (Å²) < 4.78 is 0. The van der Waals surface area contributed by atoms with Crippen LogP contribution in [0.15, 0.2) is 30.3 Å². The second-order valence-electron chi connectivity index (χ2n) is 9.49. The van der Waals surface area contributed by atoms with Gasteiger partial charge < -0.3 is 10.2 Å². The Labute approximate surface area is 177 Å². The maximum absolute atomic E-state index is 12.8. The second-order valence-corrected chi connectivity index (χ2v) is 9.49. The van der Waals surface area contributed by atoms with E-state index in [1.165, 1.54) is 83.1 Å². The summed E-state index contributed by atoms with van der Waals surface area (Å²) in [6, 6.07) is 12.0. The van der Waals surface area contributed by atoms with Gasteiger partial charge in [-0.15, -0.1) is 0 Å². The van der Waals surface area contributed by atoms with Gasteiger partial charge in [-0.3, -0.25) is 9.69 Å². The van der Waals surface area contributed by atoms with E-state index in [2.05, 4.69) is 45.4 Å². The fraction of sp³-hybridized carbons (Fsp3) is 0.720. The van der Waals surface area contributed by atoms with Gasteiger partial charge in [0.2, 0.25) is 5.91 Å². The molecule has 1 unspecified atom stereocenters. The number of rotatable bonds is 6. The van der Waals surface area contributed by atoms with Crippen LogP contribution in [0.1, 0.15) is 63.4 Å². The molecule has 0 bridgehead atoms. The molecule has 1 N–H and O–H groups in total. The topological polar surface area (TPSA) is 35.6 Å². The summed E-state index contributed by atoms with van der Waals surface area (Å²) >= 11 is 0. The molecule has 3 aliphatic rings. The first-order valence-corrected chi connectivity index (χ1v) is 12.1. The Kier molecular flexibility index (Phi) is 7.61. The van der Waals surface area contributed by atoms with Crippen molar-refractivity contribution in [1.82, 2.24) is 15.1 Å². The van der Waals surface area contributed by atoms with Gasteiger partial charge in [0, 0.05) is 25.2 Å². The Balaban J connectivity index is 1.19. The lowest BCUT2D eigenvalue weighted by Gasteiger charge is -2.42. The Hall–Kier alpha value is -1.39. The smallest absolute Gasteiger partial charge is 0.224 e. The highest BCUT2D eigenvalue weighted by molar-refractivity contribution is 5.79. The molecule has 3 fully saturated rings. The van der Waals surface area contributed by atoms with E-state index in [0.717, 1.165) is 19.4 Å². The number of nitrogens with zero attached hydrogens (tertiary/aromatic N) is 2. The maximum Gasteiger partial charge on any atom is 0.224 e. The zero-order valence-electron chi connectivity index (χ0n) is 18.0. The predicted molar refractivity (Wildman–Crippen MR) is 119 cm³/mol. The molecule has 2 heterocycles. The summed E-state index contributed by atoms with van der Waals surface area (Å²) in [7, 11) is 0. The van der Waals surface area contributed by atoms with Gasteiger partial charge in [0.1, 0.15) is 0 Å². The second kappa shape index (κ2) is 10.6. The van der Waals surface area contributed by atoms with Crippen LogP contribution < -0.4 is 5.32 Å². The molecule has 0 spiro atoms. The number of piperidine rings is 2. The molecule has 1 aliphatic carbocycles. The highest BCUT2D eigenvalue weighted by atomic mass is 16.2. The molecule has 1 aromatic rings. The molecule has 4 nitrogen and oxygen atoms in total. The Morgan fingerprint density at radius 1 is 0.897 bits per heavy atom. The molecule has 160 valence electrons. The average Bonchev–Trinajstić information content (AvgIpc) is 2.79. The van der Waals surface area contributed by atoms with Gasteiger partial charge in [-0.1, -0.05) is 49.6 Å². The standard InChI is InChI=1S/C25H39N3O/c29-25(26-23-11-5-2-6-12-23)22-10-7-16-28(20-22)24-14-18-27(19-15-24)17-13-21-8-3-1-4-9-21/h1,3-4,8-9,22-24H,2,5-7,10-20H2,(H,26,29). The largest absolute Gasteiger partial charge is 0.353 e. The number of likely N-dealkylation sites (tertiary alicyclic amines) is 2. The third-order valence-corrected chi connectivity index (χ3v) is 7.41. The number of hydrogen-bond acceptors (Lipinski definition) is 3.